The summed E-state index contributed by atoms with van der Waals surface area (Å²) in [6, 6.07) is 11.5. The number of rotatable bonds is 3. The second-order valence-electron chi connectivity index (χ2n) is 4.78. The van der Waals surface area contributed by atoms with Crippen LogP contribution in [0.2, 0.25) is 0 Å². The van der Waals surface area contributed by atoms with Crippen LogP contribution in [0.1, 0.15) is 16.7 Å². The molecule has 0 saturated heterocycles. The van der Waals surface area contributed by atoms with Crippen LogP contribution in [0.5, 0.6) is 0 Å². The molecule has 0 spiro atoms. The van der Waals surface area contributed by atoms with Crippen molar-refractivity contribution in [2.75, 3.05) is 10.5 Å². The zero-order chi connectivity index (χ0) is 15.6. The molecule has 0 amide bonds. The van der Waals surface area contributed by atoms with Gasteiger partial charge in [0.25, 0.3) is 10.0 Å². The molecule has 0 aliphatic heterocycles. The topological polar surface area (TPSA) is 96.0 Å². The fourth-order valence-electron chi connectivity index (χ4n) is 1.89. The van der Waals surface area contributed by atoms with Gasteiger partial charge >= 0.3 is 0 Å². The second kappa shape index (κ2) is 5.46. The van der Waals surface area contributed by atoms with Crippen LogP contribution in [0, 0.1) is 25.2 Å². The monoisotopic (exact) mass is 301 g/mol. The number of hydrogen-bond donors (Lipinski definition) is 2. The van der Waals surface area contributed by atoms with Crippen LogP contribution in [0.25, 0.3) is 0 Å². The van der Waals surface area contributed by atoms with Gasteiger partial charge < -0.3 is 5.73 Å². The molecule has 3 N–H and O–H groups in total. The van der Waals surface area contributed by atoms with Crippen LogP contribution in [-0.4, -0.2) is 8.42 Å². The van der Waals surface area contributed by atoms with Gasteiger partial charge in [0, 0.05) is 0 Å². The highest BCUT2D eigenvalue weighted by Crippen LogP contribution is 2.24. The number of nitriles is 1. The normalized spacial score (nSPS) is 10.9. The summed E-state index contributed by atoms with van der Waals surface area (Å²) >= 11 is 0. The lowest BCUT2D eigenvalue weighted by Crippen LogP contribution is -2.14. The van der Waals surface area contributed by atoms with Crippen molar-refractivity contribution in [3.8, 4) is 6.07 Å². The van der Waals surface area contributed by atoms with Gasteiger partial charge in [-0.1, -0.05) is 6.07 Å². The molecule has 6 heteroatoms. The van der Waals surface area contributed by atoms with Gasteiger partial charge in [-0.2, -0.15) is 5.26 Å². The van der Waals surface area contributed by atoms with Crippen molar-refractivity contribution in [3.63, 3.8) is 0 Å². The number of nitrogens with zero attached hydrogens (tertiary/aromatic N) is 1. The molecular weight excluding hydrogens is 286 g/mol. The Morgan fingerprint density at radius 1 is 1.14 bits per heavy atom. The van der Waals surface area contributed by atoms with E-state index in [9.17, 15) is 8.42 Å². The second-order valence-corrected chi connectivity index (χ2v) is 6.47. The van der Waals surface area contributed by atoms with Crippen molar-refractivity contribution in [1.82, 2.24) is 0 Å². The Hall–Kier alpha value is -2.52. The van der Waals surface area contributed by atoms with Gasteiger partial charge in [0.2, 0.25) is 0 Å². The number of anilines is 2. The molecule has 21 heavy (non-hydrogen) atoms. The van der Waals surface area contributed by atoms with Crippen molar-refractivity contribution in [1.29, 1.82) is 5.26 Å². The highest BCUT2D eigenvalue weighted by atomic mass is 32.2. The fraction of sp³-hybridized carbons (Fsp3) is 0.133. The van der Waals surface area contributed by atoms with E-state index in [4.69, 9.17) is 11.0 Å². The first-order valence-electron chi connectivity index (χ1n) is 6.23. The Morgan fingerprint density at radius 3 is 2.48 bits per heavy atom. The Morgan fingerprint density at radius 2 is 1.86 bits per heavy atom. The number of nitrogens with two attached hydrogens (primary N) is 1. The summed E-state index contributed by atoms with van der Waals surface area (Å²) < 4.78 is 27.2. The van der Waals surface area contributed by atoms with E-state index in [0.29, 0.717) is 22.5 Å². The third-order valence-corrected chi connectivity index (χ3v) is 4.44. The van der Waals surface area contributed by atoms with E-state index in [0.717, 1.165) is 5.56 Å². The molecule has 2 aromatic rings. The first-order valence-corrected chi connectivity index (χ1v) is 7.71. The predicted octanol–water partition coefficient (Wildman–Crippen LogP) is 2.56. The molecule has 0 aliphatic rings. The number of nitrogens with one attached hydrogen (secondary N) is 1. The van der Waals surface area contributed by atoms with Crippen LogP contribution in [0.3, 0.4) is 0 Å². The van der Waals surface area contributed by atoms with E-state index < -0.39 is 10.0 Å². The van der Waals surface area contributed by atoms with Crippen LogP contribution in [-0.2, 0) is 10.0 Å². The lowest BCUT2D eigenvalue weighted by molar-refractivity contribution is 0.601. The van der Waals surface area contributed by atoms with Gasteiger partial charge in [-0.15, -0.1) is 0 Å². The summed E-state index contributed by atoms with van der Waals surface area (Å²) in [6.45, 7) is 3.54. The molecule has 0 radical (unpaired) electrons. The SMILES string of the molecule is Cc1ccc(N)c(NS(=O)(=O)c2ccc(C#N)c(C)c2)c1. The number of nitrogen functional groups attached to an aromatic ring is 1. The third-order valence-electron chi connectivity index (χ3n) is 3.08. The lowest BCUT2D eigenvalue weighted by atomic mass is 10.1. The molecule has 0 unspecified atom stereocenters. The van der Waals surface area contributed by atoms with Crippen molar-refractivity contribution in [2.24, 2.45) is 0 Å². The molecule has 0 aromatic heterocycles. The quantitative estimate of drug-likeness (QED) is 0.851. The van der Waals surface area contributed by atoms with E-state index in [1.165, 1.54) is 18.2 Å². The lowest BCUT2D eigenvalue weighted by Gasteiger charge is -2.11. The van der Waals surface area contributed by atoms with E-state index in [1.807, 2.05) is 13.0 Å². The van der Waals surface area contributed by atoms with Gasteiger partial charge in [0.1, 0.15) is 0 Å². The van der Waals surface area contributed by atoms with Gasteiger partial charge in [0.15, 0.2) is 0 Å². The largest absolute Gasteiger partial charge is 0.397 e. The molecule has 108 valence electrons. The average Bonchev–Trinajstić information content (AvgIpc) is 2.42. The summed E-state index contributed by atoms with van der Waals surface area (Å²) in [5.74, 6) is 0. The minimum atomic E-state index is -3.74. The standard InChI is InChI=1S/C15H15N3O2S/c1-10-3-6-14(17)15(7-10)18-21(19,20)13-5-4-12(9-16)11(2)8-13/h3-8,18H,17H2,1-2H3. The van der Waals surface area contributed by atoms with E-state index >= 15 is 0 Å². The zero-order valence-corrected chi connectivity index (χ0v) is 12.5. The number of benzene rings is 2. The summed E-state index contributed by atoms with van der Waals surface area (Å²) in [6.07, 6.45) is 0. The maximum Gasteiger partial charge on any atom is 0.261 e. The Kier molecular flexibility index (Phi) is 3.87. The van der Waals surface area contributed by atoms with Crippen LogP contribution in [0.4, 0.5) is 11.4 Å². The van der Waals surface area contributed by atoms with Crippen LogP contribution >= 0.6 is 0 Å². The van der Waals surface area contributed by atoms with Crippen LogP contribution in [0.15, 0.2) is 41.3 Å². The summed E-state index contributed by atoms with van der Waals surface area (Å²) in [5.41, 5.74) is 8.44. The molecule has 0 atom stereocenters. The van der Waals surface area contributed by atoms with E-state index in [2.05, 4.69) is 4.72 Å². The van der Waals surface area contributed by atoms with Gasteiger partial charge in [-0.25, -0.2) is 8.42 Å². The Balaban J connectivity index is 2.41. The molecule has 5 nitrogen and oxygen atoms in total. The minimum absolute atomic E-state index is 0.0971. The molecule has 0 aliphatic carbocycles. The number of hydrogen-bond acceptors (Lipinski definition) is 4. The molecule has 0 saturated carbocycles. The smallest absolute Gasteiger partial charge is 0.261 e. The van der Waals surface area contributed by atoms with Crippen molar-refractivity contribution in [2.45, 2.75) is 18.7 Å². The van der Waals surface area contributed by atoms with E-state index in [-0.39, 0.29) is 4.90 Å². The predicted molar refractivity (Wildman–Crippen MR) is 82.3 cm³/mol. The highest BCUT2D eigenvalue weighted by Gasteiger charge is 2.16. The van der Waals surface area contributed by atoms with Gasteiger partial charge in [-0.3, -0.25) is 4.72 Å². The minimum Gasteiger partial charge on any atom is -0.397 e. The van der Waals surface area contributed by atoms with Crippen molar-refractivity contribution < 1.29 is 8.42 Å². The highest BCUT2D eigenvalue weighted by molar-refractivity contribution is 7.92. The first-order chi connectivity index (χ1) is 9.83. The first kappa shape index (κ1) is 14.9. The molecule has 0 bridgehead atoms. The maximum atomic E-state index is 12.4. The Bertz CT molecular complexity index is 836. The summed E-state index contributed by atoms with van der Waals surface area (Å²) in [7, 11) is -3.74. The average molecular weight is 301 g/mol. The summed E-state index contributed by atoms with van der Waals surface area (Å²) in [5, 5.41) is 8.88. The van der Waals surface area contributed by atoms with E-state index in [1.54, 1.807) is 25.1 Å². The van der Waals surface area contributed by atoms with Crippen LogP contribution < -0.4 is 10.5 Å². The molecule has 0 fully saturated rings. The maximum absolute atomic E-state index is 12.4. The Labute approximate surface area is 124 Å². The number of sulfonamides is 1. The zero-order valence-electron chi connectivity index (χ0n) is 11.7. The fourth-order valence-corrected chi connectivity index (χ4v) is 3.05. The molecule has 2 rings (SSSR count). The molecule has 2 aromatic carbocycles. The molecule has 0 heterocycles. The van der Waals surface area contributed by atoms with Gasteiger partial charge in [-0.05, 0) is 55.3 Å². The molecular formula is C15H15N3O2S. The third kappa shape index (κ3) is 3.15. The van der Waals surface area contributed by atoms with Crippen molar-refractivity contribution >= 4 is 21.4 Å². The van der Waals surface area contributed by atoms with Gasteiger partial charge in [0.05, 0.1) is 27.9 Å². The van der Waals surface area contributed by atoms with Crippen molar-refractivity contribution in [3.05, 3.63) is 53.1 Å². The summed E-state index contributed by atoms with van der Waals surface area (Å²) in [4.78, 5) is 0.0971. The number of aryl methyl sites for hydroxylation is 2.